The fourth-order valence-corrected chi connectivity index (χ4v) is 2.17. The molecule has 0 amide bonds. The van der Waals surface area contributed by atoms with Crippen LogP contribution in [0.3, 0.4) is 0 Å². The van der Waals surface area contributed by atoms with Gasteiger partial charge in [0.05, 0.1) is 5.69 Å². The number of nitrogens with zero attached hydrogens (tertiary/aromatic N) is 2. The van der Waals surface area contributed by atoms with Crippen molar-refractivity contribution in [1.82, 2.24) is 10.2 Å². The lowest BCUT2D eigenvalue weighted by Crippen LogP contribution is -2.29. The molecule has 82 valence electrons. The quantitative estimate of drug-likeness (QED) is 0.783. The summed E-state index contributed by atoms with van der Waals surface area (Å²) in [6, 6.07) is 4.43. The van der Waals surface area contributed by atoms with E-state index in [9.17, 15) is 0 Å². The molecule has 2 atom stereocenters. The lowest BCUT2D eigenvalue weighted by Gasteiger charge is -2.19. The SMILES string of the molecule is Cc1ccc(NC2CCCC2CN)nn1. The zero-order valence-electron chi connectivity index (χ0n) is 9.11. The van der Waals surface area contributed by atoms with Crippen molar-refractivity contribution < 1.29 is 0 Å². The maximum absolute atomic E-state index is 5.73. The highest BCUT2D eigenvalue weighted by Crippen LogP contribution is 2.26. The van der Waals surface area contributed by atoms with E-state index in [0.717, 1.165) is 18.1 Å². The first kappa shape index (κ1) is 10.4. The second kappa shape index (κ2) is 4.57. The molecule has 1 aromatic rings. The van der Waals surface area contributed by atoms with E-state index in [1.165, 1.54) is 19.3 Å². The monoisotopic (exact) mass is 206 g/mol. The molecule has 4 nitrogen and oxygen atoms in total. The van der Waals surface area contributed by atoms with Crippen LogP contribution in [-0.4, -0.2) is 22.8 Å². The predicted octanol–water partition coefficient (Wildman–Crippen LogP) is 1.32. The van der Waals surface area contributed by atoms with Gasteiger partial charge >= 0.3 is 0 Å². The molecule has 1 fully saturated rings. The highest BCUT2D eigenvalue weighted by Gasteiger charge is 2.25. The molecule has 15 heavy (non-hydrogen) atoms. The summed E-state index contributed by atoms with van der Waals surface area (Å²) in [4.78, 5) is 0. The van der Waals surface area contributed by atoms with Gasteiger partial charge in [0.25, 0.3) is 0 Å². The fourth-order valence-electron chi connectivity index (χ4n) is 2.17. The van der Waals surface area contributed by atoms with Crippen LogP contribution in [0.25, 0.3) is 0 Å². The normalized spacial score (nSPS) is 25.5. The molecule has 3 N–H and O–H groups in total. The Balaban J connectivity index is 1.99. The summed E-state index contributed by atoms with van der Waals surface area (Å²) in [7, 11) is 0. The second-order valence-electron chi connectivity index (χ2n) is 4.24. The molecule has 0 spiro atoms. The van der Waals surface area contributed by atoms with Crippen molar-refractivity contribution in [2.45, 2.75) is 32.2 Å². The predicted molar refractivity (Wildman–Crippen MR) is 60.6 cm³/mol. The van der Waals surface area contributed by atoms with Gasteiger partial charge in [-0.1, -0.05) is 6.42 Å². The lowest BCUT2D eigenvalue weighted by molar-refractivity contribution is 0.515. The first-order valence-corrected chi connectivity index (χ1v) is 5.56. The first-order chi connectivity index (χ1) is 7.29. The second-order valence-corrected chi connectivity index (χ2v) is 4.24. The third-order valence-electron chi connectivity index (χ3n) is 3.09. The average Bonchev–Trinajstić information content (AvgIpc) is 2.69. The van der Waals surface area contributed by atoms with Crippen LogP contribution in [-0.2, 0) is 0 Å². The maximum Gasteiger partial charge on any atom is 0.148 e. The van der Waals surface area contributed by atoms with Crippen molar-refractivity contribution in [3.8, 4) is 0 Å². The van der Waals surface area contributed by atoms with Crippen LogP contribution in [0.2, 0.25) is 0 Å². The summed E-state index contributed by atoms with van der Waals surface area (Å²) in [5.74, 6) is 1.46. The highest BCUT2D eigenvalue weighted by atomic mass is 15.2. The molecule has 0 aliphatic heterocycles. The van der Waals surface area contributed by atoms with E-state index in [1.54, 1.807) is 0 Å². The fraction of sp³-hybridized carbons (Fsp3) is 0.636. The minimum Gasteiger partial charge on any atom is -0.366 e. The van der Waals surface area contributed by atoms with Crippen LogP contribution in [0, 0.1) is 12.8 Å². The minimum atomic E-state index is 0.479. The van der Waals surface area contributed by atoms with Crippen molar-refractivity contribution >= 4 is 5.82 Å². The molecule has 1 saturated carbocycles. The number of hydrogen-bond acceptors (Lipinski definition) is 4. The Hall–Kier alpha value is -1.16. The van der Waals surface area contributed by atoms with Gasteiger partial charge in [-0.15, -0.1) is 5.10 Å². The minimum absolute atomic E-state index is 0.479. The largest absolute Gasteiger partial charge is 0.366 e. The molecule has 0 bridgehead atoms. The number of aryl methyl sites for hydroxylation is 1. The van der Waals surface area contributed by atoms with Gasteiger partial charge in [-0.2, -0.15) is 5.10 Å². The molecule has 0 radical (unpaired) electrons. The molecule has 4 heteroatoms. The van der Waals surface area contributed by atoms with Crippen molar-refractivity contribution in [2.24, 2.45) is 11.7 Å². The summed E-state index contributed by atoms with van der Waals surface area (Å²) in [5.41, 5.74) is 6.67. The van der Waals surface area contributed by atoms with Crippen molar-refractivity contribution in [3.05, 3.63) is 17.8 Å². The van der Waals surface area contributed by atoms with Gasteiger partial charge in [0.2, 0.25) is 0 Å². The molecule has 2 unspecified atom stereocenters. The van der Waals surface area contributed by atoms with E-state index in [-0.39, 0.29) is 0 Å². The third-order valence-corrected chi connectivity index (χ3v) is 3.09. The van der Waals surface area contributed by atoms with Gasteiger partial charge in [-0.3, -0.25) is 0 Å². The number of aromatic nitrogens is 2. The van der Waals surface area contributed by atoms with Gasteiger partial charge in [0, 0.05) is 6.04 Å². The summed E-state index contributed by atoms with van der Waals surface area (Å²) in [6.07, 6.45) is 3.68. The number of anilines is 1. The van der Waals surface area contributed by atoms with E-state index in [1.807, 2.05) is 19.1 Å². The van der Waals surface area contributed by atoms with Gasteiger partial charge in [-0.25, -0.2) is 0 Å². The molecule has 1 heterocycles. The van der Waals surface area contributed by atoms with Crippen LogP contribution in [0.5, 0.6) is 0 Å². The lowest BCUT2D eigenvalue weighted by atomic mass is 10.0. The maximum atomic E-state index is 5.73. The molecule has 2 rings (SSSR count). The van der Waals surface area contributed by atoms with Gasteiger partial charge < -0.3 is 11.1 Å². The molecule has 1 aliphatic carbocycles. The van der Waals surface area contributed by atoms with Gasteiger partial charge in [-0.05, 0) is 44.4 Å². The average molecular weight is 206 g/mol. The van der Waals surface area contributed by atoms with Crippen LogP contribution in [0.4, 0.5) is 5.82 Å². The number of hydrogen-bond donors (Lipinski definition) is 2. The Labute approximate surface area is 90.3 Å². The third kappa shape index (κ3) is 2.45. The molecule has 0 saturated heterocycles. The summed E-state index contributed by atoms with van der Waals surface area (Å²) < 4.78 is 0. The number of nitrogens with two attached hydrogens (primary N) is 1. The van der Waals surface area contributed by atoms with E-state index in [2.05, 4.69) is 15.5 Å². The van der Waals surface area contributed by atoms with E-state index < -0.39 is 0 Å². The van der Waals surface area contributed by atoms with Crippen LogP contribution in [0.15, 0.2) is 12.1 Å². The Morgan fingerprint density at radius 1 is 1.40 bits per heavy atom. The summed E-state index contributed by atoms with van der Waals surface area (Å²) in [6.45, 7) is 2.70. The Morgan fingerprint density at radius 2 is 2.27 bits per heavy atom. The van der Waals surface area contributed by atoms with Crippen molar-refractivity contribution in [1.29, 1.82) is 0 Å². The summed E-state index contributed by atoms with van der Waals surface area (Å²) in [5, 5.41) is 11.6. The zero-order chi connectivity index (χ0) is 10.7. The standard InChI is InChI=1S/C11H18N4/c1-8-5-6-11(15-14-8)13-10-4-2-3-9(10)7-12/h5-6,9-10H,2-4,7,12H2,1H3,(H,13,15). The van der Waals surface area contributed by atoms with Crippen LogP contribution < -0.4 is 11.1 Å². The molecular weight excluding hydrogens is 188 g/mol. The van der Waals surface area contributed by atoms with E-state index in [4.69, 9.17) is 5.73 Å². The Bertz CT molecular complexity index is 309. The zero-order valence-corrected chi connectivity index (χ0v) is 9.11. The van der Waals surface area contributed by atoms with Gasteiger partial charge in [0.1, 0.15) is 5.82 Å². The van der Waals surface area contributed by atoms with Gasteiger partial charge in [0.15, 0.2) is 0 Å². The van der Waals surface area contributed by atoms with Crippen molar-refractivity contribution in [3.63, 3.8) is 0 Å². The molecule has 1 aromatic heterocycles. The molecule has 1 aliphatic rings. The van der Waals surface area contributed by atoms with E-state index in [0.29, 0.717) is 12.0 Å². The number of nitrogens with one attached hydrogen (secondary N) is 1. The van der Waals surface area contributed by atoms with Crippen molar-refractivity contribution in [2.75, 3.05) is 11.9 Å². The van der Waals surface area contributed by atoms with Crippen LogP contribution >= 0.6 is 0 Å². The molecule has 0 aromatic carbocycles. The Kier molecular flexibility index (Phi) is 3.16. The van der Waals surface area contributed by atoms with E-state index >= 15 is 0 Å². The van der Waals surface area contributed by atoms with Crippen LogP contribution in [0.1, 0.15) is 25.0 Å². The first-order valence-electron chi connectivity index (χ1n) is 5.56. The Morgan fingerprint density at radius 3 is 2.93 bits per heavy atom. The molecular formula is C11H18N4. The summed E-state index contributed by atoms with van der Waals surface area (Å²) >= 11 is 0. The highest BCUT2D eigenvalue weighted by molar-refractivity contribution is 5.34. The number of rotatable bonds is 3. The topological polar surface area (TPSA) is 63.8 Å². The smallest absolute Gasteiger partial charge is 0.148 e.